The van der Waals surface area contributed by atoms with Crippen LogP contribution in [0.5, 0.6) is 0 Å². The third-order valence-corrected chi connectivity index (χ3v) is 21.5. The monoisotopic (exact) mass is 635 g/mol. The van der Waals surface area contributed by atoms with Crippen molar-refractivity contribution in [1.82, 2.24) is 14.0 Å². The molecule has 0 heterocycles. The Labute approximate surface area is 266 Å². The van der Waals surface area contributed by atoms with Crippen molar-refractivity contribution in [1.29, 1.82) is 0 Å². The smallest absolute Gasteiger partial charge is 0.0401 e. The van der Waals surface area contributed by atoms with Gasteiger partial charge in [0.2, 0.25) is 0 Å². The highest BCUT2D eigenvalue weighted by Gasteiger charge is 2.41. The highest BCUT2D eigenvalue weighted by molar-refractivity contribution is 8.50. The molecule has 2 atom stereocenters. The highest BCUT2D eigenvalue weighted by Crippen LogP contribution is 2.77. The molecule has 0 bridgehead atoms. The lowest BCUT2D eigenvalue weighted by Gasteiger charge is -2.52. The number of hydrogen-bond donors (Lipinski definition) is 0. The van der Waals surface area contributed by atoms with Gasteiger partial charge in [-0.3, -0.25) is 14.0 Å². The summed E-state index contributed by atoms with van der Waals surface area (Å²) in [6.07, 6.45) is 45.2. The maximum Gasteiger partial charge on any atom is 0.0401 e. The molecular weight excluding hydrogens is 567 g/mol. The fraction of sp³-hybridized carbons (Fsp3) is 1.00. The zero-order valence-corrected chi connectivity index (χ0v) is 30.4. The Balaban J connectivity index is 1.32. The van der Waals surface area contributed by atoms with Crippen LogP contribution in [-0.4, -0.2) is 50.3 Å². The topological polar surface area (TPSA) is 9.72 Å². The lowest BCUT2D eigenvalue weighted by atomic mass is 9.91. The van der Waals surface area contributed by atoms with Gasteiger partial charge in [0.05, 0.1) is 0 Å². The Morgan fingerprint density at radius 3 is 0.738 bits per heavy atom. The minimum atomic E-state index is -0.107. The Morgan fingerprint density at radius 2 is 0.500 bits per heavy atom. The van der Waals surface area contributed by atoms with Gasteiger partial charge in [0, 0.05) is 43.7 Å². The van der Waals surface area contributed by atoms with E-state index in [1.54, 1.807) is 0 Å². The first kappa shape index (κ1) is 33.1. The fourth-order valence-electron chi connectivity index (χ4n) is 10.0. The molecule has 6 fully saturated rings. The van der Waals surface area contributed by atoms with E-state index in [0.717, 1.165) is 53.1 Å². The van der Waals surface area contributed by atoms with Crippen LogP contribution in [0.15, 0.2) is 0 Å². The van der Waals surface area contributed by atoms with Gasteiger partial charge in [0.15, 0.2) is 0 Å². The van der Waals surface area contributed by atoms with Crippen molar-refractivity contribution in [3.8, 4) is 0 Å². The van der Waals surface area contributed by atoms with Crippen LogP contribution in [0.2, 0.25) is 0 Å². The average Bonchev–Trinajstić information content (AvgIpc) is 3.08. The van der Waals surface area contributed by atoms with Gasteiger partial charge in [0.1, 0.15) is 0 Å². The van der Waals surface area contributed by atoms with E-state index >= 15 is 0 Å². The van der Waals surface area contributed by atoms with Crippen LogP contribution < -0.4 is 0 Å². The molecule has 0 saturated heterocycles. The fourth-order valence-corrected chi connectivity index (χ4v) is 22.0. The number of rotatable bonds is 11. The largest absolute Gasteiger partial charge is 0.274 e. The Kier molecular flexibility index (Phi) is 14.1. The summed E-state index contributed by atoms with van der Waals surface area (Å²) in [6, 6.07) is 5.46. The second-order valence-corrected chi connectivity index (χ2v) is 23.1. The van der Waals surface area contributed by atoms with Crippen LogP contribution >= 0.6 is 24.3 Å². The third-order valence-electron chi connectivity index (χ3n) is 12.4. The molecule has 0 aromatic heterocycles. The summed E-state index contributed by atoms with van der Waals surface area (Å²) in [5.74, 6) is 0. The van der Waals surface area contributed by atoms with E-state index in [1.807, 2.05) is 0 Å². The van der Waals surface area contributed by atoms with Crippen LogP contribution in [0.4, 0.5) is 0 Å². The molecule has 2 unspecified atom stereocenters. The van der Waals surface area contributed by atoms with Gasteiger partial charge in [-0.05, 0) is 93.9 Å². The van der Waals surface area contributed by atoms with Gasteiger partial charge in [-0.25, -0.2) is 0 Å². The predicted molar refractivity (Wildman–Crippen MR) is 190 cm³/mol. The maximum atomic E-state index is 3.42. The van der Waals surface area contributed by atoms with Gasteiger partial charge < -0.3 is 0 Å². The standard InChI is InChI=1S/C36H68N3P3/c1-7-19-31(20-8-1)37(32-21-9-2-10-22-32)40-42(39(35-27-15-5-16-28-35)36-29-17-6-18-30-36)41-38(33-23-11-3-12-24-33)34-25-13-4-14-26-34/h31-36,40-41H,1-30H2. The molecule has 0 aromatic carbocycles. The van der Waals surface area contributed by atoms with E-state index in [0.29, 0.717) is 0 Å². The van der Waals surface area contributed by atoms with Crippen LogP contribution in [0, 0.1) is 0 Å². The van der Waals surface area contributed by atoms with Crippen molar-refractivity contribution >= 4 is 24.3 Å². The van der Waals surface area contributed by atoms with E-state index in [9.17, 15) is 0 Å². The molecule has 0 spiro atoms. The predicted octanol–water partition coefficient (Wildman–Crippen LogP) is 12.3. The van der Waals surface area contributed by atoms with Gasteiger partial charge in [0.25, 0.3) is 0 Å². The van der Waals surface area contributed by atoms with Gasteiger partial charge in [-0.2, -0.15) is 0 Å². The third kappa shape index (κ3) is 9.16. The zero-order chi connectivity index (χ0) is 28.4. The van der Waals surface area contributed by atoms with E-state index in [-0.39, 0.29) is 7.45 Å². The summed E-state index contributed by atoms with van der Waals surface area (Å²) in [7, 11) is 2.14. The highest BCUT2D eigenvalue weighted by atomic mass is 32.4. The SMILES string of the molecule is C1CCC(N(PP(PN(C2CCCCC2)C2CCCCC2)N(C2CCCCC2)C2CCCCC2)C2CCCCC2)CC1. The Bertz CT molecular complexity index is 637. The van der Waals surface area contributed by atoms with Crippen molar-refractivity contribution in [2.75, 3.05) is 0 Å². The molecular formula is C36H68N3P3. The second-order valence-electron chi connectivity index (χ2n) is 15.5. The summed E-state index contributed by atoms with van der Waals surface area (Å²) >= 11 is 0. The van der Waals surface area contributed by atoms with Crippen LogP contribution in [-0.2, 0) is 0 Å². The first-order chi connectivity index (χ1) is 20.9. The first-order valence-corrected chi connectivity index (χ1v) is 24.4. The van der Waals surface area contributed by atoms with E-state index < -0.39 is 0 Å². The maximum absolute atomic E-state index is 3.42. The quantitative estimate of drug-likeness (QED) is 0.209. The molecule has 0 amide bonds. The molecule has 0 aromatic rings. The molecule has 3 nitrogen and oxygen atoms in total. The summed E-state index contributed by atoms with van der Waals surface area (Å²) in [5.41, 5.74) is 0. The molecule has 0 aliphatic heterocycles. The molecule has 242 valence electrons. The first-order valence-electron chi connectivity index (χ1n) is 19.5. The minimum Gasteiger partial charge on any atom is -0.274 e. The van der Waals surface area contributed by atoms with Crippen molar-refractivity contribution in [3.05, 3.63) is 0 Å². The summed E-state index contributed by atoms with van der Waals surface area (Å²) in [4.78, 5) is 0. The lowest BCUT2D eigenvalue weighted by molar-refractivity contribution is 0.172. The van der Waals surface area contributed by atoms with Gasteiger partial charge in [-0.1, -0.05) is 116 Å². The van der Waals surface area contributed by atoms with Crippen molar-refractivity contribution in [2.24, 2.45) is 0 Å². The molecule has 6 heteroatoms. The van der Waals surface area contributed by atoms with Crippen molar-refractivity contribution in [2.45, 2.75) is 229 Å². The average molecular weight is 636 g/mol. The summed E-state index contributed by atoms with van der Waals surface area (Å²) < 4.78 is 10.0. The molecule has 6 aliphatic rings. The van der Waals surface area contributed by atoms with Gasteiger partial charge >= 0.3 is 0 Å². The molecule has 6 aliphatic carbocycles. The molecule has 0 radical (unpaired) electrons. The van der Waals surface area contributed by atoms with Gasteiger partial charge in [-0.15, -0.1) is 0 Å². The van der Waals surface area contributed by atoms with Crippen LogP contribution in [0.1, 0.15) is 193 Å². The molecule has 6 saturated carbocycles. The van der Waals surface area contributed by atoms with Crippen molar-refractivity contribution in [3.63, 3.8) is 0 Å². The summed E-state index contributed by atoms with van der Waals surface area (Å²) in [6.45, 7) is 0. The normalized spacial score (nSPS) is 29.2. The van der Waals surface area contributed by atoms with Crippen LogP contribution in [0.25, 0.3) is 0 Å². The second kappa shape index (κ2) is 17.9. The van der Waals surface area contributed by atoms with E-state index in [4.69, 9.17) is 0 Å². The Hall–Kier alpha value is 1.17. The zero-order valence-electron chi connectivity index (χ0n) is 27.5. The molecule has 6 rings (SSSR count). The lowest BCUT2D eigenvalue weighted by Crippen LogP contribution is -2.44. The minimum absolute atomic E-state index is 0.107. The van der Waals surface area contributed by atoms with Crippen LogP contribution in [0.3, 0.4) is 0 Å². The van der Waals surface area contributed by atoms with Crippen molar-refractivity contribution < 1.29 is 0 Å². The van der Waals surface area contributed by atoms with E-state index in [1.165, 1.54) is 193 Å². The summed E-state index contributed by atoms with van der Waals surface area (Å²) in [5, 5.41) is 0. The molecule has 0 N–H and O–H groups in total. The number of hydrogen-bond acceptors (Lipinski definition) is 3. The van der Waals surface area contributed by atoms with E-state index in [2.05, 4.69) is 14.0 Å². The number of nitrogens with zero attached hydrogens (tertiary/aromatic N) is 3. The Morgan fingerprint density at radius 1 is 0.286 bits per heavy atom. The molecule has 42 heavy (non-hydrogen) atoms.